The standard InChI is InChI=1S/C17H20FN/c1-3-13-5-7-14(8-6-13)17-10-9-16(18)11-15(17)12-19-4-2/h5-11,19H,3-4,12H2,1-2H3. The Labute approximate surface area is 114 Å². The lowest BCUT2D eigenvalue weighted by Crippen LogP contribution is -2.12. The minimum Gasteiger partial charge on any atom is -0.313 e. The van der Waals surface area contributed by atoms with E-state index in [2.05, 4.69) is 43.4 Å². The van der Waals surface area contributed by atoms with Crippen molar-refractivity contribution >= 4 is 0 Å². The van der Waals surface area contributed by atoms with E-state index in [0.29, 0.717) is 6.54 Å². The minimum absolute atomic E-state index is 0.179. The summed E-state index contributed by atoms with van der Waals surface area (Å²) in [5, 5.41) is 3.26. The molecule has 0 heterocycles. The Balaban J connectivity index is 2.36. The van der Waals surface area contributed by atoms with E-state index in [4.69, 9.17) is 0 Å². The number of aryl methyl sites for hydroxylation is 1. The third kappa shape index (κ3) is 3.42. The molecule has 0 amide bonds. The second-order valence-corrected chi connectivity index (χ2v) is 4.63. The molecule has 0 spiro atoms. The van der Waals surface area contributed by atoms with Crippen LogP contribution >= 0.6 is 0 Å². The van der Waals surface area contributed by atoms with Crippen LogP contribution in [0.25, 0.3) is 11.1 Å². The summed E-state index contributed by atoms with van der Waals surface area (Å²) in [6.07, 6.45) is 1.04. The highest BCUT2D eigenvalue weighted by atomic mass is 19.1. The van der Waals surface area contributed by atoms with Gasteiger partial charge in [-0.3, -0.25) is 0 Å². The van der Waals surface area contributed by atoms with Gasteiger partial charge in [-0.25, -0.2) is 4.39 Å². The Hall–Kier alpha value is -1.67. The highest BCUT2D eigenvalue weighted by molar-refractivity contribution is 5.67. The van der Waals surface area contributed by atoms with Gasteiger partial charge in [0.1, 0.15) is 5.82 Å². The molecule has 0 radical (unpaired) electrons. The zero-order valence-electron chi connectivity index (χ0n) is 11.5. The molecule has 0 aliphatic carbocycles. The molecular weight excluding hydrogens is 237 g/mol. The van der Waals surface area contributed by atoms with Crippen molar-refractivity contribution in [3.05, 3.63) is 59.4 Å². The Morgan fingerprint density at radius 3 is 2.37 bits per heavy atom. The predicted octanol–water partition coefficient (Wildman–Crippen LogP) is 4.16. The topological polar surface area (TPSA) is 12.0 Å². The number of halogens is 1. The Bertz CT molecular complexity index is 531. The average Bonchev–Trinajstić information content (AvgIpc) is 2.45. The first-order chi connectivity index (χ1) is 9.24. The Morgan fingerprint density at radius 1 is 1.00 bits per heavy atom. The van der Waals surface area contributed by atoms with Crippen LogP contribution in [0, 0.1) is 5.82 Å². The van der Waals surface area contributed by atoms with Crippen LogP contribution in [0.1, 0.15) is 25.0 Å². The van der Waals surface area contributed by atoms with Gasteiger partial charge in [-0.05, 0) is 47.4 Å². The largest absolute Gasteiger partial charge is 0.313 e. The van der Waals surface area contributed by atoms with E-state index in [9.17, 15) is 4.39 Å². The maximum absolute atomic E-state index is 13.4. The van der Waals surface area contributed by atoms with Gasteiger partial charge in [0.15, 0.2) is 0 Å². The highest BCUT2D eigenvalue weighted by Gasteiger charge is 2.06. The maximum Gasteiger partial charge on any atom is 0.123 e. The molecule has 0 fully saturated rings. The van der Waals surface area contributed by atoms with Gasteiger partial charge in [-0.2, -0.15) is 0 Å². The molecule has 100 valence electrons. The lowest BCUT2D eigenvalue weighted by atomic mass is 9.98. The highest BCUT2D eigenvalue weighted by Crippen LogP contribution is 2.25. The normalized spacial score (nSPS) is 10.7. The second kappa shape index (κ2) is 6.48. The summed E-state index contributed by atoms with van der Waals surface area (Å²) in [4.78, 5) is 0. The van der Waals surface area contributed by atoms with Crippen LogP contribution in [0.3, 0.4) is 0 Å². The number of nitrogens with one attached hydrogen (secondary N) is 1. The lowest BCUT2D eigenvalue weighted by molar-refractivity contribution is 0.622. The zero-order valence-corrected chi connectivity index (χ0v) is 11.5. The lowest BCUT2D eigenvalue weighted by Gasteiger charge is -2.11. The molecule has 2 aromatic rings. The van der Waals surface area contributed by atoms with Crippen molar-refractivity contribution in [2.75, 3.05) is 6.54 Å². The predicted molar refractivity (Wildman–Crippen MR) is 78.6 cm³/mol. The van der Waals surface area contributed by atoms with Crippen molar-refractivity contribution in [2.24, 2.45) is 0 Å². The first kappa shape index (κ1) is 13.8. The summed E-state index contributed by atoms with van der Waals surface area (Å²) in [5.41, 5.74) is 4.57. The molecule has 0 bridgehead atoms. The van der Waals surface area contributed by atoms with Crippen molar-refractivity contribution < 1.29 is 4.39 Å². The summed E-state index contributed by atoms with van der Waals surface area (Å²) in [6.45, 7) is 5.77. The fourth-order valence-corrected chi connectivity index (χ4v) is 2.17. The van der Waals surface area contributed by atoms with Crippen LogP contribution in [-0.2, 0) is 13.0 Å². The van der Waals surface area contributed by atoms with Crippen molar-refractivity contribution in [2.45, 2.75) is 26.8 Å². The van der Waals surface area contributed by atoms with Gasteiger partial charge in [0.2, 0.25) is 0 Å². The van der Waals surface area contributed by atoms with Crippen LogP contribution in [0.15, 0.2) is 42.5 Å². The van der Waals surface area contributed by atoms with E-state index in [0.717, 1.165) is 29.7 Å². The molecule has 0 unspecified atom stereocenters. The smallest absolute Gasteiger partial charge is 0.123 e. The summed E-state index contributed by atoms with van der Waals surface area (Å²) in [6, 6.07) is 13.5. The first-order valence-electron chi connectivity index (χ1n) is 6.83. The number of benzene rings is 2. The fourth-order valence-electron chi connectivity index (χ4n) is 2.17. The van der Waals surface area contributed by atoms with Crippen LogP contribution in [0.5, 0.6) is 0 Å². The molecule has 0 saturated heterocycles. The van der Waals surface area contributed by atoms with Gasteiger partial charge in [-0.1, -0.05) is 44.2 Å². The molecule has 0 atom stereocenters. The van der Waals surface area contributed by atoms with Crippen LogP contribution < -0.4 is 5.32 Å². The van der Waals surface area contributed by atoms with E-state index >= 15 is 0 Å². The fraction of sp³-hybridized carbons (Fsp3) is 0.294. The van der Waals surface area contributed by atoms with E-state index < -0.39 is 0 Å². The summed E-state index contributed by atoms with van der Waals surface area (Å²) >= 11 is 0. The zero-order chi connectivity index (χ0) is 13.7. The number of hydrogen-bond donors (Lipinski definition) is 1. The van der Waals surface area contributed by atoms with Crippen LogP contribution in [-0.4, -0.2) is 6.54 Å². The summed E-state index contributed by atoms with van der Waals surface area (Å²) in [7, 11) is 0. The van der Waals surface area contributed by atoms with Crippen molar-refractivity contribution in [1.29, 1.82) is 0 Å². The quantitative estimate of drug-likeness (QED) is 0.848. The third-order valence-electron chi connectivity index (χ3n) is 3.31. The van der Waals surface area contributed by atoms with E-state index in [-0.39, 0.29) is 5.82 Å². The minimum atomic E-state index is -0.179. The Morgan fingerprint density at radius 2 is 1.74 bits per heavy atom. The molecule has 0 aliphatic rings. The third-order valence-corrected chi connectivity index (χ3v) is 3.31. The van der Waals surface area contributed by atoms with E-state index in [1.165, 1.54) is 11.6 Å². The molecular formula is C17H20FN. The van der Waals surface area contributed by atoms with Crippen molar-refractivity contribution in [3.63, 3.8) is 0 Å². The SMILES string of the molecule is CCNCc1cc(F)ccc1-c1ccc(CC)cc1. The monoisotopic (exact) mass is 257 g/mol. The molecule has 0 aliphatic heterocycles. The van der Waals surface area contributed by atoms with Gasteiger partial charge in [0.25, 0.3) is 0 Å². The molecule has 1 nitrogen and oxygen atoms in total. The van der Waals surface area contributed by atoms with Crippen molar-refractivity contribution in [3.8, 4) is 11.1 Å². The summed E-state index contributed by atoms with van der Waals surface area (Å²) in [5.74, 6) is -0.179. The van der Waals surface area contributed by atoms with Gasteiger partial charge < -0.3 is 5.32 Å². The van der Waals surface area contributed by atoms with Gasteiger partial charge in [0.05, 0.1) is 0 Å². The van der Waals surface area contributed by atoms with E-state index in [1.54, 1.807) is 6.07 Å². The maximum atomic E-state index is 13.4. The number of hydrogen-bond acceptors (Lipinski definition) is 1. The molecule has 0 saturated carbocycles. The van der Waals surface area contributed by atoms with Crippen LogP contribution in [0.4, 0.5) is 4.39 Å². The molecule has 2 rings (SSSR count). The van der Waals surface area contributed by atoms with Gasteiger partial charge >= 0.3 is 0 Å². The molecule has 1 N–H and O–H groups in total. The second-order valence-electron chi connectivity index (χ2n) is 4.63. The van der Waals surface area contributed by atoms with Gasteiger partial charge in [-0.15, -0.1) is 0 Å². The first-order valence-corrected chi connectivity index (χ1v) is 6.83. The van der Waals surface area contributed by atoms with Crippen LogP contribution in [0.2, 0.25) is 0 Å². The Kier molecular flexibility index (Phi) is 4.69. The van der Waals surface area contributed by atoms with E-state index in [1.807, 2.05) is 6.07 Å². The average molecular weight is 257 g/mol. The number of rotatable bonds is 5. The molecule has 2 heteroatoms. The summed E-state index contributed by atoms with van der Waals surface area (Å²) < 4.78 is 13.4. The van der Waals surface area contributed by atoms with Crippen molar-refractivity contribution in [1.82, 2.24) is 5.32 Å². The van der Waals surface area contributed by atoms with Gasteiger partial charge in [0, 0.05) is 6.54 Å². The molecule has 19 heavy (non-hydrogen) atoms. The molecule has 2 aromatic carbocycles. The molecule has 0 aromatic heterocycles.